The highest BCUT2D eigenvalue weighted by molar-refractivity contribution is 6.74. The van der Waals surface area contributed by atoms with Crippen LogP contribution in [-0.4, -0.2) is 68.5 Å². The molecule has 366 valence electrons. The third-order valence-electron chi connectivity index (χ3n) is 12.4. The Morgan fingerprint density at radius 1 is 1.01 bits per heavy atom. The van der Waals surface area contributed by atoms with Crippen molar-refractivity contribution in [2.75, 3.05) is 44.3 Å². The van der Waals surface area contributed by atoms with Crippen LogP contribution in [0.5, 0.6) is 17.2 Å². The zero-order valence-corrected chi connectivity index (χ0v) is 41.4. The molecule has 69 heavy (non-hydrogen) atoms. The molecule has 14 nitrogen and oxygen atoms in total. The minimum Gasteiger partial charge on any atom is -0.497 e. The molecule has 0 saturated carbocycles. The highest BCUT2D eigenvalue weighted by atomic mass is 35.5. The molecule has 2 aliphatic heterocycles. The summed E-state index contributed by atoms with van der Waals surface area (Å²) in [6.45, 7) is 13.8. The van der Waals surface area contributed by atoms with E-state index < -0.39 is 60.0 Å². The maximum Gasteiger partial charge on any atom is 0.418 e. The lowest BCUT2D eigenvalue weighted by Gasteiger charge is -2.36. The molecule has 1 amide bonds. The molecule has 2 aliphatic rings. The van der Waals surface area contributed by atoms with Crippen LogP contribution in [0.4, 0.5) is 34.0 Å². The summed E-state index contributed by atoms with van der Waals surface area (Å²) in [6, 6.07) is 18.3. The lowest BCUT2D eigenvalue weighted by atomic mass is 9.98. The average molecular weight is 993 g/mol. The first kappa shape index (κ1) is 50.3. The maximum atomic E-state index is 18.0. The predicted molar refractivity (Wildman–Crippen MR) is 256 cm³/mol. The van der Waals surface area contributed by atoms with Gasteiger partial charge in [-0.2, -0.15) is 13.2 Å². The van der Waals surface area contributed by atoms with Crippen molar-refractivity contribution >= 4 is 43.5 Å². The van der Waals surface area contributed by atoms with Crippen molar-refractivity contribution in [1.29, 1.82) is 0 Å². The quantitative estimate of drug-likeness (QED) is 0.0490. The van der Waals surface area contributed by atoms with Gasteiger partial charge in [-0.25, -0.2) is 19.2 Å². The van der Waals surface area contributed by atoms with Crippen LogP contribution in [0.3, 0.4) is 0 Å². The number of hydrogen-bond donors (Lipinski definition) is 3. The molecule has 0 saturated heterocycles. The normalized spacial score (nSPS) is 14.0. The molecule has 4 heterocycles. The smallest absolute Gasteiger partial charge is 0.418 e. The minimum absolute atomic E-state index is 0.0227. The van der Waals surface area contributed by atoms with E-state index in [1.165, 1.54) is 25.4 Å². The number of halogens is 5. The van der Waals surface area contributed by atoms with Gasteiger partial charge in [0.25, 0.3) is 0 Å². The number of aryl methyl sites for hydroxylation is 1. The van der Waals surface area contributed by atoms with Gasteiger partial charge >= 0.3 is 18.2 Å². The monoisotopic (exact) mass is 991 g/mol. The standard InChI is InChI=1S/C49H54ClF4N7O7Si/c1-28-23-35(60(24-30-12-16-32(64-6)17-13-30)25-31-14-18-33(65-7)19-15-31)58-42(39(28)49(52,53)54)37-40(50)43-38-44(41(37)51)68-36(66-21-22-67-69(8,9)48(3,4)5)26-61(46(38)57-27-56-43)29(2)34-11-10-20-55-45(34)59-47(62)63/h10-20,23,26,29,57H,21-22,24-25,27H2,1-9H3,(H,55,59)(H,62,63). The Morgan fingerprint density at radius 2 is 1.64 bits per heavy atom. The molecule has 0 fully saturated rings. The third kappa shape index (κ3) is 10.8. The molecule has 0 radical (unpaired) electrons. The number of amides is 1. The molecule has 0 spiro atoms. The summed E-state index contributed by atoms with van der Waals surface area (Å²) >= 11 is 7.17. The highest BCUT2D eigenvalue weighted by Gasteiger charge is 2.41. The van der Waals surface area contributed by atoms with E-state index >= 15 is 17.6 Å². The molecule has 3 N–H and O–H groups in total. The van der Waals surface area contributed by atoms with E-state index in [1.807, 2.05) is 24.3 Å². The number of alkyl halides is 3. The van der Waals surface area contributed by atoms with Gasteiger partial charge in [-0.1, -0.05) is 62.7 Å². The summed E-state index contributed by atoms with van der Waals surface area (Å²) in [5, 5.41) is 14.5. The third-order valence-corrected chi connectivity index (χ3v) is 17.3. The first-order chi connectivity index (χ1) is 32.6. The van der Waals surface area contributed by atoms with E-state index in [9.17, 15) is 9.90 Å². The summed E-state index contributed by atoms with van der Waals surface area (Å²) in [5.41, 5.74) is -0.939. The van der Waals surface area contributed by atoms with Crippen LogP contribution in [0.2, 0.25) is 23.2 Å². The van der Waals surface area contributed by atoms with Crippen molar-refractivity contribution in [3.63, 3.8) is 0 Å². The molecule has 0 aliphatic carbocycles. The lowest BCUT2D eigenvalue weighted by molar-refractivity contribution is -0.137. The van der Waals surface area contributed by atoms with E-state index in [2.05, 4.69) is 59.5 Å². The van der Waals surface area contributed by atoms with Gasteiger partial charge in [0, 0.05) is 24.8 Å². The number of carboxylic acid groups (broad SMARTS) is 1. The Hall–Kier alpha value is -6.57. The Kier molecular flexibility index (Phi) is 14.7. The number of benzene rings is 3. The number of nitrogens with zero attached hydrogens (tertiary/aromatic N) is 5. The number of carbonyl (C=O) groups is 1. The Balaban J connectivity index is 1.43. The summed E-state index contributed by atoms with van der Waals surface area (Å²) in [4.78, 5) is 28.7. The predicted octanol–water partition coefficient (Wildman–Crippen LogP) is 10.1. The van der Waals surface area contributed by atoms with E-state index in [-0.39, 0.29) is 77.6 Å². The number of nitrogens with one attached hydrogen (secondary N) is 2. The molecule has 2 aromatic heterocycles. The number of methoxy groups -OCH3 is 2. The highest BCUT2D eigenvalue weighted by Crippen LogP contribution is 2.44. The molecule has 1 atom stereocenters. The van der Waals surface area contributed by atoms with Crippen molar-refractivity contribution in [1.82, 2.24) is 20.2 Å². The number of rotatable bonds is 16. The van der Waals surface area contributed by atoms with Crippen LogP contribution in [0.15, 0.2) is 90.1 Å². The first-order valence-corrected chi connectivity index (χ1v) is 25.2. The fraction of sp³-hybridized carbons (Fsp3) is 0.347. The Labute approximate surface area is 403 Å². The fourth-order valence-corrected chi connectivity index (χ4v) is 9.10. The number of ether oxygens (including phenoxy) is 4. The van der Waals surface area contributed by atoms with Crippen molar-refractivity contribution < 1.29 is 50.8 Å². The molecule has 5 aromatic rings. The van der Waals surface area contributed by atoms with Gasteiger partial charge in [0.05, 0.1) is 65.5 Å². The van der Waals surface area contributed by atoms with Gasteiger partial charge < -0.3 is 43.6 Å². The average Bonchev–Trinajstić information content (AvgIpc) is 3.46. The number of hydrogen-bond acceptors (Lipinski definition) is 12. The SMILES string of the molecule is COc1ccc(CN(Cc2ccc(OC)cc2)c2cc(C)c(C(F)(F)F)c(-c3c(F)c4c5c(c3Cl)=NCNC=5N(C(C)c3cccnc3NC(=O)O)C=C(OCCO[Si](C)(C)C(C)(C)C)O4)n2)cc1. The molecule has 1 unspecified atom stereocenters. The van der Waals surface area contributed by atoms with Crippen molar-refractivity contribution in [3.8, 4) is 28.5 Å². The van der Waals surface area contributed by atoms with E-state index in [4.69, 9.17) is 35.0 Å². The maximum absolute atomic E-state index is 18.0. The number of anilines is 2. The van der Waals surface area contributed by atoms with Crippen LogP contribution in [0.25, 0.3) is 17.1 Å². The second-order valence-electron chi connectivity index (χ2n) is 17.9. The first-order valence-electron chi connectivity index (χ1n) is 21.9. The Morgan fingerprint density at radius 3 is 2.20 bits per heavy atom. The Bertz CT molecular complexity index is 2830. The van der Waals surface area contributed by atoms with Crippen molar-refractivity contribution in [3.05, 3.63) is 134 Å². The van der Waals surface area contributed by atoms with Crippen LogP contribution in [-0.2, 0) is 28.4 Å². The van der Waals surface area contributed by atoms with Gasteiger partial charge in [-0.3, -0.25) is 10.3 Å². The topological polar surface area (TPSA) is 152 Å². The fourth-order valence-electron chi connectivity index (χ4n) is 7.75. The molecule has 7 rings (SSSR count). The van der Waals surface area contributed by atoms with Crippen LogP contribution >= 0.6 is 11.6 Å². The van der Waals surface area contributed by atoms with Gasteiger partial charge in [-0.05, 0) is 85.1 Å². The second-order valence-corrected chi connectivity index (χ2v) is 23.1. The van der Waals surface area contributed by atoms with Crippen molar-refractivity contribution in [2.24, 2.45) is 4.99 Å². The summed E-state index contributed by atoms with van der Waals surface area (Å²) < 4.78 is 94.1. The molecular formula is C49H54ClF4N7O7Si. The van der Waals surface area contributed by atoms with Gasteiger partial charge in [0.15, 0.2) is 19.9 Å². The van der Waals surface area contributed by atoms with Gasteiger partial charge in [0.2, 0.25) is 0 Å². The summed E-state index contributed by atoms with van der Waals surface area (Å²) in [5.74, 6) is -0.517. The van der Waals surface area contributed by atoms with Gasteiger partial charge in [0.1, 0.15) is 42.2 Å². The number of aromatic nitrogens is 2. The summed E-state index contributed by atoms with van der Waals surface area (Å²) in [6.07, 6.45) is -3.52. The molecule has 3 aromatic carbocycles. The van der Waals surface area contributed by atoms with E-state index in [0.717, 1.165) is 11.1 Å². The van der Waals surface area contributed by atoms with E-state index in [0.29, 0.717) is 17.1 Å². The number of pyridine rings is 2. The summed E-state index contributed by atoms with van der Waals surface area (Å²) in [7, 11) is 0.840. The molecular weight excluding hydrogens is 938 g/mol. The molecule has 0 bridgehead atoms. The van der Waals surface area contributed by atoms with Crippen molar-refractivity contribution in [2.45, 2.75) is 78.1 Å². The van der Waals surface area contributed by atoms with Crippen LogP contribution < -0.4 is 40.3 Å². The zero-order chi connectivity index (χ0) is 50.0. The largest absolute Gasteiger partial charge is 0.497 e. The van der Waals surface area contributed by atoms with Crippen LogP contribution in [0.1, 0.15) is 61.6 Å². The minimum atomic E-state index is -5.03. The lowest BCUT2D eigenvalue weighted by Crippen LogP contribution is -2.45. The zero-order valence-electron chi connectivity index (χ0n) is 39.6. The molecule has 20 heteroatoms. The second kappa shape index (κ2) is 20.2. The van der Waals surface area contributed by atoms with E-state index in [1.54, 1.807) is 67.3 Å². The van der Waals surface area contributed by atoms with Gasteiger partial charge in [-0.15, -0.1) is 0 Å². The van der Waals surface area contributed by atoms with Crippen LogP contribution in [0, 0.1) is 12.7 Å².